The third-order valence-electron chi connectivity index (χ3n) is 4.79. The van der Waals surface area contributed by atoms with Crippen molar-refractivity contribution in [3.63, 3.8) is 0 Å². The number of esters is 1. The summed E-state index contributed by atoms with van der Waals surface area (Å²) in [5.74, 6) is -0.966. The molecule has 9 heteroatoms. The molecule has 3 amide bonds. The van der Waals surface area contributed by atoms with Crippen LogP contribution in [0.2, 0.25) is 10.0 Å². The van der Waals surface area contributed by atoms with Gasteiger partial charge in [0.05, 0.1) is 22.3 Å². The second-order valence-corrected chi connectivity index (χ2v) is 7.45. The number of aromatic hydroxyl groups is 1. The van der Waals surface area contributed by atoms with E-state index in [-0.39, 0.29) is 29.6 Å². The molecule has 0 radical (unpaired) electrons. The van der Waals surface area contributed by atoms with Crippen molar-refractivity contribution in [2.45, 2.75) is 19.4 Å². The lowest BCUT2D eigenvalue weighted by atomic mass is 9.90. The number of imide groups is 1. The largest absolute Gasteiger partial charge is 0.508 e. The van der Waals surface area contributed by atoms with E-state index in [2.05, 4.69) is 0 Å². The third kappa shape index (κ3) is 3.75. The van der Waals surface area contributed by atoms with Crippen molar-refractivity contribution in [2.75, 3.05) is 18.1 Å². The van der Waals surface area contributed by atoms with Crippen molar-refractivity contribution in [1.29, 1.82) is 0 Å². The van der Waals surface area contributed by atoms with Gasteiger partial charge < -0.3 is 14.7 Å². The van der Waals surface area contributed by atoms with Crippen LogP contribution in [-0.4, -0.2) is 41.1 Å². The van der Waals surface area contributed by atoms with E-state index in [0.717, 1.165) is 4.90 Å². The predicted octanol–water partition coefficient (Wildman–Crippen LogP) is 3.95. The Morgan fingerprint density at radius 2 is 1.76 bits per heavy atom. The Bertz CT molecular complexity index is 979. The summed E-state index contributed by atoms with van der Waals surface area (Å²) in [6, 6.07) is 9.88. The zero-order valence-corrected chi connectivity index (χ0v) is 17.2. The molecule has 1 aliphatic heterocycles. The molecule has 0 aromatic heterocycles. The van der Waals surface area contributed by atoms with Crippen LogP contribution in [0.15, 0.2) is 42.5 Å². The van der Waals surface area contributed by atoms with Gasteiger partial charge in [0.25, 0.3) is 5.91 Å². The number of hydrogen-bond donors (Lipinski definition) is 1. The monoisotopic (exact) mass is 436 g/mol. The summed E-state index contributed by atoms with van der Waals surface area (Å²) in [4.78, 5) is 40.1. The first-order valence-electron chi connectivity index (χ1n) is 8.70. The molecule has 29 heavy (non-hydrogen) atoms. The Morgan fingerprint density at radius 3 is 2.34 bits per heavy atom. The number of rotatable bonds is 5. The van der Waals surface area contributed by atoms with Crippen LogP contribution in [0.1, 0.15) is 19.4 Å². The number of amides is 3. The van der Waals surface area contributed by atoms with Gasteiger partial charge in [-0.15, -0.1) is 0 Å². The molecule has 152 valence electrons. The average molecular weight is 437 g/mol. The first-order valence-corrected chi connectivity index (χ1v) is 9.46. The fourth-order valence-electron chi connectivity index (χ4n) is 3.25. The SMILES string of the molecule is CC(=O)OCCN1C(=O)N(c2ccc(Cl)c(Cl)c2)C(=O)C1(C)c1ccc(O)cc1. The summed E-state index contributed by atoms with van der Waals surface area (Å²) in [7, 11) is 0. The molecule has 2 aromatic rings. The van der Waals surface area contributed by atoms with Crippen LogP contribution < -0.4 is 4.90 Å². The lowest BCUT2D eigenvalue weighted by Crippen LogP contribution is -2.45. The van der Waals surface area contributed by atoms with Gasteiger partial charge in [-0.25, -0.2) is 9.69 Å². The second kappa shape index (κ2) is 7.93. The summed E-state index contributed by atoms with van der Waals surface area (Å²) < 4.78 is 4.97. The van der Waals surface area contributed by atoms with E-state index in [0.29, 0.717) is 10.6 Å². The van der Waals surface area contributed by atoms with Gasteiger partial charge in [-0.1, -0.05) is 35.3 Å². The number of carbonyl (C=O) groups excluding carboxylic acids is 3. The number of ether oxygens (including phenoxy) is 1. The van der Waals surface area contributed by atoms with E-state index in [1.165, 1.54) is 42.2 Å². The summed E-state index contributed by atoms with van der Waals surface area (Å²) in [6.07, 6.45) is 0. The highest BCUT2D eigenvalue weighted by Gasteiger charge is 2.55. The maximum absolute atomic E-state index is 13.4. The third-order valence-corrected chi connectivity index (χ3v) is 5.53. The molecule has 1 heterocycles. The van der Waals surface area contributed by atoms with Crippen LogP contribution in [0.4, 0.5) is 10.5 Å². The molecule has 1 atom stereocenters. The van der Waals surface area contributed by atoms with Crippen LogP contribution in [0.5, 0.6) is 5.75 Å². The van der Waals surface area contributed by atoms with Gasteiger partial charge in [-0.05, 0) is 42.8 Å². The molecular formula is C20H18Cl2N2O5. The minimum atomic E-state index is -1.38. The summed E-state index contributed by atoms with van der Waals surface area (Å²) in [5, 5.41) is 10.1. The van der Waals surface area contributed by atoms with E-state index in [4.69, 9.17) is 27.9 Å². The van der Waals surface area contributed by atoms with E-state index in [1.807, 2.05) is 0 Å². The molecule has 2 aromatic carbocycles. The zero-order valence-electron chi connectivity index (χ0n) is 15.7. The fraction of sp³-hybridized carbons (Fsp3) is 0.250. The van der Waals surface area contributed by atoms with Crippen LogP contribution in [0, 0.1) is 0 Å². The molecular weight excluding hydrogens is 419 g/mol. The van der Waals surface area contributed by atoms with Crippen LogP contribution in [-0.2, 0) is 19.9 Å². The predicted molar refractivity (Wildman–Crippen MR) is 108 cm³/mol. The number of phenolic OH excluding ortho intramolecular Hbond substituents is 1. The van der Waals surface area contributed by atoms with Gasteiger partial charge >= 0.3 is 12.0 Å². The number of benzene rings is 2. The number of nitrogens with zero attached hydrogens (tertiary/aromatic N) is 2. The smallest absolute Gasteiger partial charge is 0.332 e. The Morgan fingerprint density at radius 1 is 1.10 bits per heavy atom. The van der Waals surface area contributed by atoms with E-state index in [1.54, 1.807) is 19.1 Å². The van der Waals surface area contributed by atoms with Crippen molar-refractivity contribution in [3.05, 3.63) is 58.1 Å². The van der Waals surface area contributed by atoms with E-state index in [9.17, 15) is 19.5 Å². The van der Waals surface area contributed by atoms with Crippen molar-refractivity contribution in [1.82, 2.24) is 4.90 Å². The fourth-order valence-corrected chi connectivity index (χ4v) is 3.54. The lowest BCUT2D eigenvalue weighted by Gasteiger charge is -2.32. The second-order valence-electron chi connectivity index (χ2n) is 6.63. The van der Waals surface area contributed by atoms with Gasteiger partial charge in [0.2, 0.25) is 0 Å². The minimum absolute atomic E-state index is 0.000643. The number of urea groups is 1. The maximum atomic E-state index is 13.4. The molecule has 0 bridgehead atoms. The summed E-state index contributed by atoms with van der Waals surface area (Å²) >= 11 is 12.0. The molecule has 3 rings (SSSR count). The highest BCUT2D eigenvalue weighted by Crippen LogP contribution is 2.40. The van der Waals surface area contributed by atoms with Gasteiger partial charge in [-0.3, -0.25) is 9.59 Å². The minimum Gasteiger partial charge on any atom is -0.508 e. The van der Waals surface area contributed by atoms with Crippen LogP contribution >= 0.6 is 23.2 Å². The van der Waals surface area contributed by atoms with Gasteiger partial charge in [-0.2, -0.15) is 0 Å². The number of hydrogen-bond acceptors (Lipinski definition) is 5. The standard InChI is InChI=1S/C20H18Cl2N2O5/c1-12(25)29-10-9-23-19(28)24(14-5-8-16(21)17(22)11-14)18(27)20(23,2)13-3-6-15(26)7-4-13/h3-8,11,26H,9-10H2,1-2H3. The molecule has 1 unspecified atom stereocenters. The van der Waals surface area contributed by atoms with Gasteiger partial charge in [0.15, 0.2) is 0 Å². The number of carbonyl (C=O) groups is 3. The zero-order chi connectivity index (χ0) is 21.3. The lowest BCUT2D eigenvalue weighted by molar-refractivity contribution is -0.141. The quantitative estimate of drug-likeness (QED) is 0.566. The molecule has 1 N–H and O–H groups in total. The highest BCUT2D eigenvalue weighted by molar-refractivity contribution is 6.42. The molecule has 1 saturated heterocycles. The maximum Gasteiger partial charge on any atom is 0.332 e. The Kier molecular flexibility index (Phi) is 5.73. The van der Waals surface area contributed by atoms with Crippen molar-refractivity contribution >= 4 is 46.8 Å². The Labute approximate surface area is 177 Å². The summed E-state index contributed by atoms with van der Waals surface area (Å²) in [6.45, 7) is 2.79. The topological polar surface area (TPSA) is 87.2 Å². The Balaban J connectivity index is 2.06. The number of anilines is 1. The van der Waals surface area contributed by atoms with Crippen LogP contribution in [0.3, 0.4) is 0 Å². The first-order chi connectivity index (χ1) is 13.7. The molecule has 1 fully saturated rings. The summed E-state index contributed by atoms with van der Waals surface area (Å²) in [5.41, 5.74) is -0.606. The normalized spacial score (nSPS) is 19.0. The van der Waals surface area contributed by atoms with Gasteiger partial charge in [0.1, 0.15) is 17.9 Å². The Hall–Kier alpha value is -2.77. The molecule has 0 aliphatic carbocycles. The molecule has 1 aliphatic rings. The van der Waals surface area contributed by atoms with Crippen LogP contribution in [0.25, 0.3) is 0 Å². The highest BCUT2D eigenvalue weighted by atomic mass is 35.5. The average Bonchev–Trinajstić information content (AvgIpc) is 2.85. The van der Waals surface area contributed by atoms with Crippen molar-refractivity contribution < 1.29 is 24.2 Å². The van der Waals surface area contributed by atoms with Crippen molar-refractivity contribution in [3.8, 4) is 5.75 Å². The van der Waals surface area contributed by atoms with E-state index < -0.39 is 23.4 Å². The van der Waals surface area contributed by atoms with E-state index >= 15 is 0 Å². The number of phenols is 1. The van der Waals surface area contributed by atoms with Crippen molar-refractivity contribution in [2.24, 2.45) is 0 Å². The molecule has 7 nitrogen and oxygen atoms in total. The van der Waals surface area contributed by atoms with Gasteiger partial charge in [0, 0.05) is 6.92 Å². The first kappa shape index (κ1) is 21.0. The number of halogens is 2. The molecule has 0 saturated carbocycles. The molecule has 0 spiro atoms.